The highest BCUT2D eigenvalue weighted by atomic mass is 79.9. The van der Waals surface area contributed by atoms with Gasteiger partial charge in [-0.05, 0) is 95.2 Å². The standard InChI is InChI=1S/C34H31BrN8O4/c1-19-9-12-27(35)38-31(19)39-32(46)25-16-34(3)17-26(34)43(25)29(45)18-42-24-11-10-21(15-22(24)30(40-42)20(2)44)37-23-7-6-14-41(33(23)47)28-8-4-5-13-36-28/h4-15,25-26,37H,16-18H2,1-3H3,(H,38,39,46)/t25-,26?,34-/m0/s1. The normalized spacial score (nSPS) is 19.8. The van der Waals surface area contributed by atoms with Gasteiger partial charge in [-0.15, -0.1) is 0 Å². The molecule has 3 atom stereocenters. The quantitative estimate of drug-likeness (QED) is 0.170. The van der Waals surface area contributed by atoms with Crippen LogP contribution in [0, 0.1) is 12.3 Å². The lowest BCUT2D eigenvalue weighted by Crippen LogP contribution is -2.47. The first-order valence-corrected chi connectivity index (χ1v) is 16.0. The van der Waals surface area contributed by atoms with E-state index in [1.54, 1.807) is 71.9 Å². The van der Waals surface area contributed by atoms with E-state index in [0.717, 1.165) is 12.0 Å². The topological polar surface area (TPSA) is 144 Å². The molecule has 2 amide bonds. The number of nitrogens with one attached hydrogen (secondary N) is 2. The van der Waals surface area contributed by atoms with Gasteiger partial charge in [0, 0.05) is 36.4 Å². The van der Waals surface area contributed by atoms with Crippen molar-refractivity contribution in [2.75, 3.05) is 10.6 Å². The second-order valence-electron chi connectivity index (χ2n) is 12.4. The second kappa shape index (κ2) is 11.6. The van der Waals surface area contributed by atoms with Crippen molar-refractivity contribution in [3.63, 3.8) is 0 Å². The minimum absolute atomic E-state index is 0.0479. The zero-order valence-corrected chi connectivity index (χ0v) is 27.5. The summed E-state index contributed by atoms with van der Waals surface area (Å²) in [6.07, 6.45) is 4.64. The molecular weight excluding hydrogens is 664 g/mol. The van der Waals surface area contributed by atoms with Crippen molar-refractivity contribution in [2.45, 2.75) is 52.2 Å². The average Bonchev–Trinajstić information content (AvgIpc) is 3.41. The number of hydrogen-bond acceptors (Lipinski definition) is 8. The number of fused-ring (bicyclic) bond motifs is 2. The minimum Gasteiger partial charge on any atom is -0.351 e. The molecule has 1 aliphatic heterocycles. The molecule has 5 heterocycles. The van der Waals surface area contributed by atoms with E-state index in [1.165, 1.54) is 16.2 Å². The van der Waals surface area contributed by atoms with Crippen LogP contribution in [0.25, 0.3) is 16.7 Å². The predicted molar refractivity (Wildman–Crippen MR) is 180 cm³/mol. The third-order valence-electron chi connectivity index (χ3n) is 9.02. The fourth-order valence-electron chi connectivity index (χ4n) is 6.46. The van der Waals surface area contributed by atoms with E-state index in [-0.39, 0.29) is 46.9 Å². The summed E-state index contributed by atoms with van der Waals surface area (Å²) < 4.78 is 3.56. The molecule has 0 radical (unpaired) electrons. The maximum atomic E-state index is 13.9. The second-order valence-corrected chi connectivity index (χ2v) is 13.2. The molecule has 1 unspecified atom stereocenters. The largest absolute Gasteiger partial charge is 0.351 e. The molecule has 1 aliphatic carbocycles. The first-order valence-electron chi connectivity index (χ1n) is 15.2. The molecule has 1 saturated carbocycles. The van der Waals surface area contributed by atoms with Crippen LogP contribution in [0.5, 0.6) is 0 Å². The molecule has 13 heteroatoms. The Morgan fingerprint density at radius 2 is 1.89 bits per heavy atom. The molecule has 2 aliphatic rings. The first-order chi connectivity index (χ1) is 22.5. The third kappa shape index (κ3) is 5.60. The number of ketones is 1. The lowest BCUT2D eigenvalue weighted by molar-refractivity contribution is -0.138. The highest BCUT2D eigenvalue weighted by molar-refractivity contribution is 9.10. The van der Waals surface area contributed by atoms with Crippen LogP contribution in [0.2, 0.25) is 0 Å². The number of carbonyl (C=O) groups is 3. The number of piperidine rings is 1. The van der Waals surface area contributed by atoms with Gasteiger partial charge in [0.05, 0.1) is 5.52 Å². The number of benzene rings is 1. The average molecular weight is 696 g/mol. The molecule has 5 aromatic rings. The maximum Gasteiger partial charge on any atom is 0.279 e. The molecule has 0 bridgehead atoms. The summed E-state index contributed by atoms with van der Waals surface area (Å²) in [6, 6.07) is 17.0. The van der Waals surface area contributed by atoms with E-state index in [2.05, 4.69) is 48.6 Å². The SMILES string of the molecule is CC(=O)c1nn(CC(=O)N2C3C[C@]3(C)C[C@H]2C(=O)Nc2nc(Br)ccc2C)c2ccc(Nc3cccn(-c4ccccn4)c3=O)cc12. The number of hydrogen-bond donors (Lipinski definition) is 2. The van der Waals surface area contributed by atoms with Gasteiger partial charge in [0.25, 0.3) is 5.56 Å². The number of nitrogens with zero attached hydrogens (tertiary/aromatic N) is 6. The summed E-state index contributed by atoms with van der Waals surface area (Å²) in [5.41, 5.74) is 2.09. The number of Topliss-reactive ketones (excluding diaryl/α,β-unsaturated/α-hetero) is 1. The number of anilines is 3. The van der Waals surface area contributed by atoms with Crippen LogP contribution in [-0.4, -0.2) is 58.9 Å². The smallest absolute Gasteiger partial charge is 0.279 e. The van der Waals surface area contributed by atoms with E-state index in [9.17, 15) is 19.2 Å². The van der Waals surface area contributed by atoms with Gasteiger partial charge >= 0.3 is 0 Å². The maximum absolute atomic E-state index is 13.9. The molecule has 2 fully saturated rings. The number of carbonyl (C=O) groups excluding carboxylic acids is 3. The predicted octanol–water partition coefficient (Wildman–Crippen LogP) is 5.01. The van der Waals surface area contributed by atoms with Gasteiger partial charge in [-0.1, -0.05) is 19.1 Å². The molecule has 0 spiro atoms. The Balaban J connectivity index is 1.15. The highest BCUT2D eigenvalue weighted by Gasteiger charge is 2.64. The number of aryl methyl sites for hydroxylation is 1. The summed E-state index contributed by atoms with van der Waals surface area (Å²) in [5, 5.41) is 11.2. The lowest BCUT2D eigenvalue weighted by atomic mass is 10.0. The van der Waals surface area contributed by atoms with Gasteiger partial charge in [-0.3, -0.25) is 28.4 Å². The number of likely N-dealkylation sites (tertiary alicyclic amines) is 1. The van der Waals surface area contributed by atoms with Crippen molar-refractivity contribution in [3.8, 4) is 5.82 Å². The molecule has 238 valence electrons. The minimum atomic E-state index is -0.655. The summed E-state index contributed by atoms with van der Waals surface area (Å²) in [5.74, 6) is 0.138. The van der Waals surface area contributed by atoms with Crippen LogP contribution >= 0.6 is 15.9 Å². The van der Waals surface area contributed by atoms with Gasteiger partial charge in [0.15, 0.2) is 5.78 Å². The Hall–Kier alpha value is -5.17. The molecular formula is C34H31BrN8O4. The zero-order valence-electron chi connectivity index (χ0n) is 25.9. The van der Waals surface area contributed by atoms with Gasteiger partial charge in [-0.2, -0.15) is 5.10 Å². The third-order valence-corrected chi connectivity index (χ3v) is 9.46. The number of amides is 2. The number of halogens is 1. The Kier molecular flexibility index (Phi) is 7.50. The van der Waals surface area contributed by atoms with Crippen LogP contribution in [0.3, 0.4) is 0 Å². The van der Waals surface area contributed by atoms with Gasteiger partial charge in [0.2, 0.25) is 11.8 Å². The Labute approximate surface area is 278 Å². The monoisotopic (exact) mass is 694 g/mol. The molecule has 4 aromatic heterocycles. The van der Waals surface area contributed by atoms with Crippen molar-refractivity contribution < 1.29 is 14.4 Å². The van der Waals surface area contributed by atoms with Crippen molar-refractivity contribution >= 4 is 61.6 Å². The van der Waals surface area contributed by atoms with Crippen LogP contribution in [0.15, 0.2) is 82.5 Å². The van der Waals surface area contributed by atoms with E-state index in [4.69, 9.17) is 0 Å². The van der Waals surface area contributed by atoms with Crippen molar-refractivity contribution in [1.29, 1.82) is 0 Å². The molecule has 47 heavy (non-hydrogen) atoms. The molecule has 7 rings (SSSR count). The van der Waals surface area contributed by atoms with Gasteiger partial charge in [0.1, 0.15) is 40.2 Å². The van der Waals surface area contributed by atoms with E-state index in [0.29, 0.717) is 44.9 Å². The summed E-state index contributed by atoms with van der Waals surface area (Å²) in [4.78, 5) is 63.7. The number of pyridine rings is 3. The fourth-order valence-corrected chi connectivity index (χ4v) is 6.77. The van der Waals surface area contributed by atoms with E-state index >= 15 is 0 Å². The molecule has 12 nitrogen and oxygen atoms in total. The van der Waals surface area contributed by atoms with Crippen LogP contribution < -0.4 is 16.2 Å². The Morgan fingerprint density at radius 1 is 1.06 bits per heavy atom. The first kappa shape index (κ1) is 30.5. The molecule has 1 saturated heterocycles. The highest BCUT2D eigenvalue weighted by Crippen LogP contribution is 2.59. The summed E-state index contributed by atoms with van der Waals surface area (Å²) in [7, 11) is 0. The summed E-state index contributed by atoms with van der Waals surface area (Å²) in [6.45, 7) is 5.23. The lowest BCUT2D eigenvalue weighted by Gasteiger charge is -2.27. The van der Waals surface area contributed by atoms with Gasteiger partial charge < -0.3 is 15.5 Å². The van der Waals surface area contributed by atoms with Crippen molar-refractivity contribution in [3.05, 3.63) is 99.3 Å². The number of rotatable bonds is 8. The van der Waals surface area contributed by atoms with E-state index < -0.39 is 6.04 Å². The Bertz CT molecular complexity index is 2150. The fraction of sp³-hybridized carbons (Fsp3) is 0.265. The zero-order chi connectivity index (χ0) is 33.0. The number of aromatic nitrogens is 5. The van der Waals surface area contributed by atoms with Crippen molar-refractivity contribution in [1.82, 2.24) is 29.2 Å². The van der Waals surface area contributed by atoms with Crippen molar-refractivity contribution in [2.24, 2.45) is 5.41 Å². The molecule has 1 aromatic carbocycles. The van der Waals surface area contributed by atoms with Gasteiger partial charge in [-0.25, -0.2) is 9.97 Å². The Morgan fingerprint density at radius 3 is 2.66 bits per heavy atom. The summed E-state index contributed by atoms with van der Waals surface area (Å²) >= 11 is 3.35. The molecule has 2 N–H and O–H groups in total. The van der Waals surface area contributed by atoms with Crippen LogP contribution in [0.1, 0.15) is 42.7 Å². The van der Waals surface area contributed by atoms with Crippen LogP contribution in [-0.2, 0) is 16.1 Å². The van der Waals surface area contributed by atoms with Crippen LogP contribution in [0.4, 0.5) is 17.2 Å². The van der Waals surface area contributed by atoms with E-state index in [1.807, 2.05) is 13.0 Å².